The third-order valence-electron chi connectivity index (χ3n) is 4.96. The molecule has 1 unspecified atom stereocenters. The van der Waals surface area contributed by atoms with E-state index < -0.39 is 0 Å². The first-order chi connectivity index (χ1) is 7.67. The number of hydrogen-bond donors (Lipinski definition) is 0. The Morgan fingerprint density at radius 2 is 1.41 bits per heavy atom. The first kappa shape index (κ1) is 13.4. The Morgan fingerprint density at radius 3 is 1.82 bits per heavy atom. The molecule has 0 aromatic rings. The summed E-state index contributed by atoms with van der Waals surface area (Å²) in [5.41, 5.74) is 1.29. The van der Waals surface area contributed by atoms with E-state index in [-0.39, 0.29) is 0 Å². The van der Waals surface area contributed by atoms with Crippen molar-refractivity contribution in [3.05, 3.63) is 0 Å². The SMILES string of the molecule is CC(C)(C)C1CCC2(CCCC2)N1C(C)(C)C. The Morgan fingerprint density at radius 1 is 0.882 bits per heavy atom. The summed E-state index contributed by atoms with van der Waals surface area (Å²) in [6, 6.07) is 0.764. The van der Waals surface area contributed by atoms with E-state index in [1.807, 2.05) is 0 Å². The van der Waals surface area contributed by atoms with E-state index in [9.17, 15) is 0 Å². The summed E-state index contributed by atoms with van der Waals surface area (Å²) in [5, 5.41) is 0. The molecule has 0 N–H and O–H groups in total. The highest BCUT2D eigenvalue weighted by Gasteiger charge is 2.54. The van der Waals surface area contributed by atoms with Crippen molar-refractivity contribution >= 4 is 0 Å². The van der Waals surface area contributed by atoms with Gasteiger partial charge in [0, 0.05) is 17.1 Å². The predicted molar refractivity (Wildman–Crippen MR) is 75.3 cm³/mol. The van der Waals surface area contributed by atoms with Gasteiger partial charge in [0.05, 0.1) is 0 Å². The molecule has 2 fully saturated rings. The molecule has 1 aliphatic carbocycles. The molecule has 1 heteroatoms. The van der Waals surface area contributed by atoms with Crippen LogP contribution in [0.1, 0.15) is 80.1 Å². The van der Waals surface area contributed by atoms with Crippen molar-refractivity contribution < 1.29 is 0 Å². The molecule has 0 aromatic carbocycles. The smallest absolute Gasteiger partial charge is 0.0218 e. The average molecular weight is 237 g/mol. The van der Waals surface area contributed by atoms with Gasteiger partial charge in [-0.3, -0.25) is 4.90 Å². The van der Waals surface area contributed by atoms with Crippen LogP contribution in [0.5, 0.6) is 0 Å². The summed E-state index contributed by atoms with van der Waals surface area (Å²) in [7, 11) is 0. The molecule has 1 saturated carbocycles. The minimum atomic E-state index is 0.318. The minimum Gasteiger partial charge on any atom is -0.289 e. The molecule has 2 rings (SSSR count). The Hall–Kier alpha value is -0.0400. The van der Waals surface area contributed by atoms with Crippen molar-refractivity contribution in [1.82, 2.24) is 4.90 Å². The van der Waals surface area contributed by atoms with Gasteiger partial charge in [0.15, 0.2) is 0 Å². The van der Waals surface area contributed by atoms with Crippen molar-refractivity contribution in [3.63, 3.8) is 0 Å². The second-order valence-corrected chi connectivity index (χ2v) is 8.39. The molecule has 2 aliphatic rings. The lowest BCUT2D eigenvalue weighted by Crippen LogP contribution is -2.58. The lowest BCUT2D eigenvalue weighted by molar-refractivity contribution is -0.0232. The topological polar surface area (TPSA) is 3.24 Å². The fourth-order valence-electron chi connectivity index (χ4n) is 4.51. The van der Waals surface area contributed by atoms with Crippen molar-refractivity contribution in [2.24, 2.45) is 5.41 Å². The molecule has 1 saturated heterocycles. The number of rotatable bonds is 0. The molecule has 1 spiro atoms. The summed E-state index contributed by atoms with van der Waals surface area (Å²) in [6.07, 6.45) is 8.62. The lowest BCUT2D eigenvalue weighted by Gasteiger charge is -2.51. The second-order valence-electron chi connectivity index (χ2n) is 8.39. The van der Waals surface area contributed by atoms with Crippen LogP contribution in [0, 0.1) is 5.41 Å². The second kappa shape index (κ2) is 3.98. The van der Waals surface area contributed by atoms with Crippen LogP contribution < -0.4 is 0 Å². The van der Waals surface area contributed by atoms with Gasteiger partial charge in [-0.1, -0.05) is 33.6 Å². The van der Waals surface area contributed by atoms with E-state index in [2.05, 4.69) is 46.4 Å². The summed E-state index contributed by atoms with van der Waals surface area (Å²) in [5.74, 6) is 0. The Bertz CT molecular complexity index is 273. The lowest BCUT2D eigenvalue weighted by atomic mass is 9.83. The average Bonchev–Trinajstić information content (AvgIpc) is 2.71. The van der Waals surface area contributed by atoms with Gasteiger partial charge in [-0.05, 0) is 51.9 Å². The first-order valence-corrected chi connectivity index (χ1v) is 7.46. The van der Waals surface area contributed by atoms with Crippen molar-refractivity contribution in [2.45, 2.75) is 97.2 Å². The number of hydrogen-bond acceptors (Lipinski definition) is 1. The van der Waals surface area contributed by atoms with Crippen LogP contribution in [0.15, 0.2) is 0 Å². The van der Waals surface area contributed by atoms with Gasteiger partial charge >= 0.3 is 0 Å². The molecule has 1 nitrogen and oxygen atoms in total. The summed E-state index contributed by atoms with van der Waals surface area (Å²) >= 11 is 0. The maximum absolute atomic E-state index is 2.91. The van der Waals surface area contributed by atoms with Gasteiger partial charge in [0.1, 0.15) is 0 Å². The first-order valence-electron chi connectivity index (χ1n) is 7.46. The van der Waals surface area contributed by atoms with E-state index in [0.29, 0.717) is 16.5 Å². The van der Waals surface area contributed by atoms with E-state index in [4.69, 9.17) is 0 Å². The number of likely N-dealkylation sites (tertiary alicyclic amines) is 1. The Labute approximate surface area is 108 Å². The highest BCUT2D eigenvalue weighted by molar-refractivity contribution is 5.09. The zero-order valence-electron chi connectivity index (χ0n) is 12.8. The van der Waals surface area contributed by atoms with Crippen LogP contribution in [-0.4, -0.2) is 22.0 Å². The molecule has 17 heavy (non-hydrogen) atoms. The molecule has 1 aliphatic heterocycles. The molecule has 0 radical (unpaired) electrons. The fraction of sp³-hybridized carbons (Fsp3) is 1.00. The van der Waals surface area contributed by atoms with Crippen LogP contribution >= 0.6 is 0 Å². The summed E-state index contributed by atoms with van der Waals surface area (Å²) in [6.45, 7) is 14.5. The van der Waals surface area contributed by atoms with Gasteiger partial charge in [-0.15, -0.1) is 0 Å². The molecule has 100 valence electrons. The standard InChI is InChI=1S/C16H31N/c1-14(2,3)13-9-12-16(10-7-8-11-16)17(13)15(4,5)6/h13H,7-12H2,1-6H3. The highest BCUT2D eigenvalue weighted by atomic mass is 15.3. The normalized spacial score (nSPS) is 30.4. The largest absolute Gasteiger partial charge is 0.289 e. The molecular weight excluding hydrogens is 206 g/mol. The molecule has 1 heterocycles. The van der Waals surface area contributed by atoms with Crippen molar-refractivity contribution in [2.75, 3.05) is 0 Å². The fourth-order valence-corrected chi connectivity index (χ4v) is 4.51. The highest BCUT2D eigenvalue weighted by Crippen LogP contribution is 2.52. The zero-order valence-corrected chi connectivity index (χ0v) is 12.8. The minimum absolute atomic E-state index is 0.318. The molecular formula is C16H31N. The van der Waals surface area contributed by atoms with E-state index in [1.54, 1.807) is 0 Å². The maximum atomic E-state index is 2.91. The maximum Gasteiger partial charge on any atom is 0.0218 e. The van der Waals surface area contributed by atoms with Crippen LogP contribution in [0.2, 0.25) is 0 Å². The third-order valence-corrected chi connectivity index (χ3v) is 4.96. The molecule has 0 amide bonds. The Kier molecular flexibility index (Phi) is 3.14. The van der Waals surface area contributed by atoms with Gasteiger partial charge < -0.3 is 0 Å². The molecule has 1 atom stereocenters. The third kappa shape index (κ3) is 2.28. The van der Waals surface area contributed by atoms with Crippen LogP contribution in [0.3, 0.4) is 0 Å². The summed E-state index contributed by atoms with van der Waals surface area (Å²) < 4.78 is 0. The van der Waals surface area contributed by atoms with Crippen LogP contribution in [0.25, 0.3) is 0 Å². The van der Waals surface area contributed by atoms with E-state index in [0.717, 1.165) is 6.04 Å². The summed E-state index contributed by atoms with van der Waals surface area (Å²) in [4.78, 5) is 2.91. The van der Waals surface area contributed by atoms with Crippen molar-refractivity contribution in [1.29, 1.82) is 0 Å². The Balaban J connectivity index is 2.33. The zero-order chi connectivity index (χ0) is 12.9. The van der Waals surface area contributed by atoms with Gasteiger partial charge in [0.2, 0.25) is 0 Å². The van der Waals surface area contributed by atoms with Crippen LogP contribution in [-0.2, 0) is 0 Å². The predicted octanol–water partition coefficient (Wildman–Crippen LogP) is 4.61. The number of nitrogens with zero attached hydrogens (tertiary/aromatic N) is 1. The molecule has 0 aromatic heterocycles. The van der Waals surface area contributed by atoms with E-state index in [1.165, 1.54) is 38.5 Å². The molecule has 0 bridgehead atoms. The monoisotopic (exact) mass is 237 g/mol. The van der Waals surface area contributed by atoms with Crippen LogP contribution in [0.4, 0.5) is 0 Å². The quantitative estimate of drug-likeness (QED) is 0.595. The van der Waals surface area contributed by atoms with Gasteiger partial charge in [-0.25, -0.2) is 0 Å². The van der Waals surface area contributed by atoms with Gasteiger partial charge in [-0.2, -0.15) is 0 Å². The van der Waals surface area contributed by atoms with Crippen molar-refractivity contribution in [3.8, 4) is 0 Å². The van der Waals surface area contributed by atoms with E-state index >= 15 is 0 Å². The van der Waals surface area contributed by atoms with Gasteiger partial charge in [0.25, 0.3) is 0 Å².